The number of amides is 1. The summed E-state index contributed by atoms with van der Waals surface area (Å²) in [5.41, 5.74) is 0. The molecule has 0 aliphatic carbocycles. The van der Waals surface area contributed by atoms with E-state index in [4.69, 9.17) is 29.2 Å². The van der Waals surface area contributed by atoms with E-state index in [1.807, 2.05) is 0 Å². The van der Waals surface area contributed by atoms with E-state index in [-0.39, 0.29) is 57.7 Å². The fourth-order valence-electron chi connectivity index (χ4n) is 1.78. The Morgan fingerprint density at radius 2 is 1.38 bits per heavy atom. The van der Waals surface area contributed by atoms with E-state index < -0.39 is 43.5 Å². The molecular weight excluding hydrogens is 410 g/mol. The molecular formula is C17H33NO10S. The number of carbonyl (C=O) groups is 1. The normalized spacial score (nSPS) is 15.5. The van der Waals surface area contributed by atoms with Crippen molar-refractivity contribution < 1.29 is 49.3 Å². The number of nitrogens with one attached hydrogen (secondary N) is 1. The van der Waals surface area contributed by atoms with Crippen LogP contribution >= 0.6 is 12.6 Å². The van der Waals surface area contributed by atoms with Crippen LogP contribution in [0.5, 0.6) is 0 Å². The third kappa shape index (κ3) is 15.7. The molecule has 0 spiro atoms. The third-order valence-electron chi connectivity index (χ3n) is 3.38. The van der Waals surface area contributed by atoms with Crippen molar-refractivity contribution >= 4 is 18.5 Å². The minimum atomic E-state index is -1.05. The van der Waals surface area contributed by atoms with Crippen molar-refractivity contribution in [3.8, 4) is 0 Å². The topological polar surface area (TPSA) is 167 Å². The lowest BCUT2D eigenvalue weighted by molar-refractivity contribution is -0.118. The second-order valence-electron chi connectivity index (χ2n) is 6.08. The van der Waals surface area contributed by atoms with Crippen LogP contribution in [0.25, 0.3) is 0 Å². The van der Waals surface area contributed by atoms with Crippen LogP contribution in [0.4, 0.5) is 0 Å². The van der Waals surface area contributed by atoms with Gasteiger partial charge in [0, 0.05) is 6.54 Å². The first kappa shape index (κ1) is 28.2. The van der Waals surface area contributed by atoms with Gasteiger partial charge in [0.1, 0.15) is 24.4 Å². The van der Waals surface area contributed by atoms with Gasteiger partial charge in [-0.3, -0.25) is 4.79 Å². The van der Waals surface area contributed by atoms with Gasteiger partial charge in [-0.2, -0.15) is 0 Å². The van der Waals surface area contributed by atoms with Crippen LogP contribution in [0.1, 0.15) is 0 Å². The number of carbonyl (C=O) groups excluding carboxylic acids is 1. The maximum absolute atomic E-state index is 11.3. The van der Waals surface area contributed by atoms with Gasteiger partial charge in [0.15, 0.2) is 0 Å². The fourth-order valence-corrected chi connectivity index (χ4v) is 1.86. The summed E-state index contributed by atoms with van der Waals surface area (Å²) in [6.07, 6.45) is -3.39. The maximum Gasteiger partial charge on any atom is 0.256 e. The summed E-state index contributed by atoms with van der Waals surface area (Å²) >= 11 is 3.82. The molecule has 4 atom stereocenters. The number of rotatable bonds is 19. The molecule has 0 aromatic rings. The van der Waals surface area contributed by atoms with Crippen LogP contribution in [-0.2, 0) is 23.7 Å². The summed E-state index contributed by atoms with van der Waals surface area (Å²) in [6, 6.07) is 0. The Morgan fingerprint density at radius 1 is 0.862 bits per heavy atom. The summed E-state index contributed by atoms with van der Waals surface area (Å²) in [5, 5.41) is 48.1. The zero-order chi connectivity index (χ0) is 22.1. The minimum Gasteiger partial charge on any atom is -0.394 e. The number of aliphatic hydroxyl groups is 5. The zero-order valence-corrected chi connectivity index (χ0v) is 17.2. The summed E-state index contributed by atoms with van der Waals surface area (Å²) in [5.74, 6) is -0.402. The van der Waals surface area contributed by atoms with Crippen LogP contribution in [0.2, 0.25) is 0 Å². The standard InChI is InChI=1S/C17H33NO10S/c1-12(29)17(24)18-2-3-25-10-16(28-8-14(23)5-20)11-26-9-15(6-21)27-7-13(22)4-19/h13-16,19-23,29H,1-11H2,(H,18,24). The van der Waals surface area contributed by atoms with E-state index in [2.05, 4.69) is 24.5 Å². The van der Waals surface area contributed by atoms with E-state index in [1.165, 1.54) is 0 Å². The van der Waals surface area contributed by atoms with Crippen LogP contribution in [0.15, 0.2) is 11.5 Å². The lowest BCUT2D eigenvalue weighted by Gasteiger charge is -2.22. The highest BCUT2D eigenvalue weighted by atomic mass is 32.1. The molecule has 0 saturated carbocycles. The average Bonchev–Trinajstić information content (AvgIpc) is 2.72. The molecule has 0 radical (unpaired) electrons. The first-order chi connectivity index (χ1) is 13.8. The molecule has 0 fully saturated rings. The molecule has 4 unspecified atom stereocenters. The van der Waals surface area contributed by atoms with Crippen molar-refractivity contribution in [3.63, 3.8) is 0 Å². The SMILES string of the molecule is C=C(S)C(=O)NCCOCC(COCC(CO)OCC(O)CO)OCC(O)CO. The second-order valence-corrected chi connectivity index (χ2v) is 6.62. The van der Waals surface area contributed by atoms with Crippen molar-refractivity contribution in [2.45, 2.75) is 24.4 Å². The van der Waals surface area contributed by atoms with E-state index in [9.17, 15) is 20.1 Å². The number of hydrogen-bond donors (Lipinski definition) is 7. The largest absolute Gasteiger partial charge is 0.394 e. The smallest absolute Gasteiger partial charge is 0.256 e. The molecule has 1 amide bonds. The quantitative estimate of drug-likeness (QED) is 0.0623. The summed E-state index contributed by atoms with van der Waals surface area (Å²) in [4.78, 5) is 11.4. The molecule has 0 rings (SSSR count). The first-order valence-corrected chi connectivity index (χ1v) is 9.52. The summed E-state index contributed by atoms with van der Waals surface area (Å²) < 4.78 is 21.5. The van der Waals surface area contributed by atoms with E-state index in [0.29, 0.717) is 0 Å². The molecule has 29 heavy (non-hydrogen) atoms. The Balaban J connectivity index is 4.27. The van der Waals surface area contributed by atoms with Crippen molar-refractivity contribution in [2.24, 2.45) is 0 Å². The molecule has 0 aliphatic rings. The van der Waals surface area contributed by atoms with Crippen molar-refractivity contribution in [3.05, 3.63) is 11.5 Å². The highest BCUT2D eigenvalue weighted by Crippen LogP contribution is 2.01. The van der Waals surface area contributed by atoms with Gasteiger partial charge in [0.2, 0.25) is 0 Å². The first-order valence-electron chi connectivity index (χ1n) is 9.07. The highest BCUT2D eigenvalue weighted by Gasteiger charge is 2.16. The predicted molar refractivity (Wildman–Crippen MR) is 106 cm³/mol. The Hall–Kier alpha value is -0.800. The Morgan fingerprint density at radius 3 is 1.90 bits per heavy atom. The Bertz CT molecular complexity index is 442. The monoisotopic (exact) mass is 443 g/mol. The molecule has 0 aromatic carbocycles. The highest BCUT2D eigenvalue weighted by molar-refractivity contribution is 7.85. The van der Waals surface area contributed by atoms with E-state index >= 15 is 0 Å². The lowest BCUT2D eigenvalue weighted by Crippen LogP contribution is -2.35. The Labute approximate surface area is 175 Å². The van der Waals surface area contributed by atoms with Gasteiger partial charge in [0.25, 0.3) is 5.91 Å². The minimum absolute atomic E-state index is 0.00280. The average molecular weight is 444 g/mol. The predicted octanol–water partition coefficient (Wildman–Crippen LogP) is -2.95. The molecule has 0 heterocycles. The fraction of sp³-hybridized carbons (Fsp3) is 0.824. The van der Waals surface area contributed by atoms with E-state index in [1.54, 1.807) is 0 Å². The van der Waals surface area contributed by atoms with Crippen molar-refractivity contribution in [1.29, 1.82) is 0 Å². The molecule has 12 heteroatoms. The number of thiol groups is 1. The molecule has 0 bridgehead atoms. The van der Waals surface area contributed by atoms with Gasteiger partial charge in [-0.25, -0.2) is 0 Å². The van der Waals surface area contributed by atoms with Crippen LogP contribution < -0.4 is 5.32 Å². The third-order valence-corrected chi connectivity index (χ3v) is 3.58. The van der Waals surface area contributed by atoms with Crippen molar-refractivity contribution in [2.75, 3.05) is 66.0 Å². The Kier molecular flexibility index (Phi) is 17.5. The van der Waals surface area contributed by atoms with Crippen LogP contribution in [0, 0.1) is 0 Å². The van der Waals surface area contributed by atoms with E-state index in [0.717, 1.165) is 0 Å². The molecule has 172 valence electrons. The van der Waals surface area contributed by atoms with Gasteiger partial charge in [0.05, 0.1) is 64.4 Å². The number of ether oxygens (including phenoxy) is 4. The van der Waals surface area contributed by atoms with Gasteiger partial charge in [-0.1, -0.05) is 6.58 Å². The number of hydrogen-bond acceptors (Lipinski definition) is 11. The van der Waals surface area contributed by atoms with Gasteiger partial charge >= 0.3 is 0 Å². The van der Waals surface area contributed by atoms with Gasteiger partial charge < -0.3 is 49.8 Å². The molecule has 0 aromatic heterocycles. The molecule has 6 N–H and O–H groups in total. The van der Waals surface area contributed by atoms with Crippen LogP contribution in [0.3, 0.4) is 0 Å². The summed E-state index contributed by atoms with van der Waals surface area (Å²) in [7, 11) is 0. The van der Waals surface area contributed by atoms with Crippen LogP contribution in [-0.4, -0.2) is 122 Å². The zero-order valence-electron chi connectivity index (χ0n) is 16.3. The van der Waals surface area contributed by atoms with Gasteiger partial charge in [-0.05, 0) is 0 Å². The number of aliphatic hydroxyl groups excluding tert-OH is 5. The maximum atomic E-state index is 11.3. The lowest BCUT2D eigenvalue weighted by atomic mass is 10.3. The van der Waals surface area contributed by atoms with Gasteiger partial charge in [-0.15, -0.1) is 12.6 Å². The molecule has 0 saturated heterocycles. The van der Waals surface area contributed by atoms with Crippen molar-refractivity contribution in [1.82, 2.24) is 5.32 Å². The molecule has 11 nitrogen and oxygen atoms in total. The molecule has 0 aliphatic heterocycles. The second kappa shape index (κ2) is 18.0. The summed E-state index contributed by atoms with van der Waals surface area (Å²) in [6.45, 7) is 2.40.